The van der Waals surface area contributed by atoms with Crippen LogP contribution in [0.5, 0.6) is 0 Å². The number of carbonyl (C=O) groups is 3. The molecule has 0 atom stereocenters. The van der Waals surface area contributed by atoms with Crippen LogP contribution in [-0.2, 0) is 14.3 Å². The van der Waals surface area contributed by atoms with Gasteiger partial charge < -0.3 is 15.2 Å². The molecule has 0 fully saturated rings. The highest BCUT2D eigenvalue weighted by atomic mass is 16.5. The van der Waals surface area contributed by atoms with Gasteiger partial charge in [-0.1, -0.05) is 0 Å². The highest BCUT2D eigenvalue weighted by Gasteiger charge is 2.06. The third kappa shape index (κ3) is 5.03. The number of aliphatic carboxylic acids is 1. The maximum atomic E-state index is 11.4. The van der Waals surface area contributed by atoms with E-state index in [1.54, 1.807) is 6.92 Å². The molecule has 100 valence electrons. The van der Waals surface area contributed by atoms with Gasteiger partial charge in [0, 0.05) is 17.8 Å². The normalized spacial score (nSPS) is 10.2. The lowest BCUT2D eigenvalue weighted by atomic mass is 10.2. The predicted octanol–water partition coefficient (Wildman–Crippen LogP) is 1.44. The average molecular weight is 263 g/mol. The molecular formula is C13H13NO5. The highest BCUT2D eigenvalue weighted by Crippen LogP contribution is 2.10. The molecule has 0 aliphatic carbocycles. The van der Waals surface area contributed by atoms with Gasteiger partial charge in [-0.2, -0.15) is 0 Å². The number of anilines is 1. The number of hydrogen-bond donors (Lipinski definition) is 2. The number of ether oxygens (including phenoxy) is 1. The number of amides is 1. The first-order chi connectivity index (χ1) is 9.02. The number of rotatable bonds is 5. The summed E-state index contributed by atoms with van der Waals surface area (Å²) in [5, 5.41) is 10.8. The fourth-order valence-electron chi connectivity index (χ4n) is 1.23. The van der Waals surface area contributed by atoms with Crippen molar-refractivity contribution < 1.29 is 24.2 Å². The van der Waals surface area contributed by atoms with Crippen LogP contribution < -0.4 is 5.32 Å². The molecule has 0 heterocycles. The molecule has 0 radical (unpaired) electrons. The van der Waals surface area contributed by atoms with Crippen molar-refractivity contribution in [1.29, 1.82) is 0 Å². The van der Waals surface area contributed by atoms with Crippen LogP contribution in [-0.4, -0.2) is 29.6 Å². The molecule has 0 bridgehead atoms. The molecule has 0 unspecified atom stereocenters. The fraction of sp³-hybridized carbons (Fsp3) is 0.154. The molecule has 1 aromatic carbocycles. The third-order valence-electron chi connectivity index (χ3n) is 2.04. The van der Waals surface area contributed by atoms with Crippen molar-refractivity contribution in [1.82, 2.24) is 0 Å². The van der Waals surface area contributed by atoms with Crippen LogP contribution in [0.2, 0.25) is 0 Å². The molecule has 6 nitrogen and oxygen atoms in total. The Morgan fingerprint density at radius 2 is 1.84 bits per heavy atom. The number of esters is 1. The maximum absolute atomic E-state index is 11.4. The van der Waals surface area contributed by atoms with Crippen LogP contribution >= 0.6 is 0 Å². The van der Waals surface area contributed by atoms with E-state index in [1.807, 2.05) is 0 Å². The summed E-state index contributed by atoms with van der Waals surface area (Å²) in [4.78, 5) is 32.9. The second-order valence-corrected chi connectivity index (χ2v) is 3.46. The van der Waals surface area contributed by atoms with Gasteiger partial charge in [-0.25, -0.2) is 9.59 Å². The summed E-state index contributed by atoms with van der Waals surface area (Å²) in [6.07, 6.45) is 1.64. The molecule has 1 rings (SSSR count). The first-order valence-corrected chi connectivity index (χ1v) is 5.52. The summed E-state index contributed by atoms with van der Waals surface area (Å²) in [6.45, 7) is 2.00. The molecule has 0 aliphatic rings. The first-order valence-electron chi connectivity index (χ1n) is 5.52. The fourth-order valence-corrected chi connectivity index (χ4v) is 1.23. The van der Waals surface area contributed by atoms with Gasteiger partial charge in [0.2, 0.25) is 5.91 Å². The molecule has 0 saturated heterocycles. The van der Waals surface area contributed by atoms with Crippen LogP contribution in [0.3, 0.4) is 0 Å². The van der Waals surface area contributed by atoms with Crippen molar-refractivity contribution in [3.05, 3.63) is 42.0 Å². The Morgan fingerprint density at radius 1 is 1.21 bits per heavy atom. The van der Waals surface area contributed by atoms with Crippen molar-refractivity contribution >= 4 is 23.5 Å². The first kappa shape index (κ1) is 14.4. The Labute approximate surface area is 109 Å². The van der Waals surface area contributed by atoms with Gasteiger partial charge in [0.15, 0.2) is 0 Å². The van der Waals surface area contributed by atoms with Gasteiger partial charge in [0.05, 0.1) is 12.2 Å². The third-order valence-corrected chi connectivity index (χ3v) is 2.04. The van der Waals surface area contributed by atoms with E-state index >= 15 is 0 Å². The van der Waals surface area contributed by atoms with E-state index in [0.29, 0.717) is 11.3 Å². The van der Waals surface area contributed by atoms with Gasteiger partial charge in [0.25, 0.3) is 0 Å². The minimum atomic E-state index is -1.20. The number of benzene rings is 1. The molecule has 1 amide bonds. The lowest BCUT2D eigenvalue weighted by Gasteiger charge is -2.04. The molecule has 0 aromatic heterocycles. The monoisotopic (exact) mass is 263 g/mol. The minimum absolute atomic E-state index is 0.289. The summed E-state index contributed by atoms with van der Waals surface area (Å²) in [7, 11) is 0. The quantitative estimate of drug-likeness (QED) is 0.619. The van der Waals surface area contributed by atoms with E-state index < -0.39 is 17.8 Å². The number of hydrogen-bond acceptors (Lipinski definition) is 4. The van der Waals surface area contributed by atoms with E-state index in [-0.39, 0.29) is 6.61 Å². The zero-order valence-corrected chi connectivity index (χ0v) is 10.3. The van der Waals surface area contributed by atoms with E-state index in [0.717, 1.165) is 12.2 Å². The van der Waals surface area contributed by atoms with Gasteiger partial charge in [-0.3, -0.25) is 4.79 Å². The number of carboxylic acid groups (broad SMARTS) is 1. The zero-order chi connectivity index (χ0) is 14.3. The van der Waals surface area contributed by atoms with Gasteiger partial charge in [-0.05, 0) is 31.2 Å². The van der Waals surface area contributed by atoms with Crippen LogP contribution in [0.25, 0.3) is 0 Å². The van der Waals surface area contributed by atoms with Crippen molar-refractivity contribution in [2.45, 2.75) is 6.92 Å². The van der Waals surface area contributed by atoms with Crippen LogP contribution in [0, 0.1) is 0 Å². The summed E-state index contributed by atoms with van der Waals surface area (Å²) in [5.41, 5.74) is 0.828. The topological polar surface area (TPSA) is 92.7 Å². The molecular weight excluding hydrogens is 250 g/mol. The zero-order valence-electron chi connectivity index (χ0n) is 10.3. The minimum Gasteiger partial charge on any atom is -0.478 e. The SMILES string of the molecule is CCOC(=O)c1ccc(NC(=O)/C=C/C(=O)O)cc1. The van der Waals surface area contributed by atoms with E-state index in [2.05, 4.69) is 5.32 Å². The van der Waals surface area contributed by atoms with E-state index in [4.69, 9.17) is 9.84 Å². The maximum Gasteiger partial charge on any atom is 0.338 e. The smallest absolute Gasteiger partial charge is 0.338 e. The van der Waals surface area contributed by atoms with E-state index in [9.17, 15) is 14.4 Å². The Kier molecular flexibility index (Phi) is 5.28. The Morgan fingerprint density at radius 3 is 2.37 bits per heavy atom. The summed E-state index contributed by atoms with van der Waals surface area (Å²) in [5.74, 6) is -2.20. The number of carboxylic acids is 1. The predicted molar refractivity (Wildman–Crippen MR) is 67.8 cm³/mol. The van der Waals surface area contributed by atoms with Gasteiger partial charge in [0.1, 0.15) is 0 Å². The largest absolute Gasteiger partial charge is 0.478 e. The Balaban J connectivity index is 2.64. The second-order valence-electron chi connectivity index (χ2n) is 3.46. The lowest BCUT2D eigenvalue weighted by Crippen LogP contribution is -2.09. The average Bonchev–Trinajstić information content (AvgIpc) is 2.37. The Bertz CT molecular complexity index is 504. The lowest BCUT2D eigenvalue weighted by molar-refractivity contribution is -0.131. The van der Waals surface area contributed by atoms with Gasteiger partial charge in [-0.15, -0.1) is 0 Å². The van der Waals surface area contributed by atoms with Gasteiger partial charge >= 0.3 is 11.9 Å². The second kappa shape index (κ2) is 6.95. The molecule has 2 N–H and O–H groups in total. The van der Waals surface area contributed by atoms with Crippen LogP contribution in [0.1, 0.15) is 17.3 Å². The Hall–Kier alpha value is -2.63. The summed E-state index contributed by atoms with van der Waals surface area (Å²) in [6, 6.07) is 6.07. The highest BCUT2D eigenvalue weighted by molar-refractivity contribution is 6.02. The molecule has 0 aliphatic heterocycles. The van der Waals surface area contributed by atoms with Crippen molar-refractivity contribution in [3.63, 3.8) is 0 Å². The van der Waals surface area contributed by atoms with Crippen molar-refractivity contribution in [2.24, 2.45) is 0 Å². The molecule has 19 heavy (non-hydrogen) atoms. The molecule has 0 spiro atoms. The van der Waals surface area contributed by atoms with Crippen molar-refractivity contribution in [3.8, 4) is 0 Å². The number of nitrogens with one attached hydrogen (secondary N) is 1. The molecule has 6 heteroatoms. The number of carbonyl (C=O) groups excluding carboxylic acids is 2. The van der Waals surface area contributed by atoms with E-state index in [1.165, 1.54) is 24.3 Å². The summed E-state index contributed by atoms with van der Waals surface area (Å²) < 4.78 is 4.81. The van der Waals surface area contributed by atoms with Crippen LogP contribution in [0.15, 0.2) is 36.4 Å². The molecule has 0 saturated carbocycles. The molecule has 1 aromatic rings. The summed E-state index contributed by atoms with van der Waals surface area (Å²) >= 11 is 0. The van der Waals surface area contributed by atoms with Crippen molar-refractivity contribution in [2.75, 3.05) is 11.9 Å². The van der Waals surface area contributed by atoms with Crippen LogP contribution in [0.4, 0.5) is 5.69 Å². The standard InChI is InChI=1S/C13H13NO5/c1-2-19-13(18)9-3-5-10(6-4-9)14-11(15)7-8-12(16)17/h3-8H,2H2,1H3,(H,14,15)(H,16,17)/b8-7+.